The summed E-state index contributed by atoms with van der Waals surface area (Å²) in [6, 6.07) is 6.15. The number of aryl methyl sites for hydroxylation is 1. The van der Waals surface area contributed by atoms with Crippen LogP contribution in [0.3, 0.4) is 0 Å². The number of benzene rings is 1. The number of nitrogens with one attached hydrogen (secondary N) is 1. The van der Waals surface area contributed by atoms with Gasteiger partial charge in [0.2, 0.25) is 5.95 Å². The second kappa shape index (κ2) is 4.78. The molecule has 3 rings (SSSR count). The second-order valence-electron chi connectivity index (χ2n) is 4.81. The third-order valence-corrected chi connectivity index (χ3v) is 3.47. The zero-order chi connectivity index (χ0) is 13.4. The Morgan fingerprint density at radius 1 is 1.42 bits per heavy atom. The van der Waals surface area contributed by atoms with E-state index in [4.69, 9.17) is 16.3 Å². The standard InChI is InChI=1S/C14H16ClN3O/c1-9-8-18(14(16-9)17-10-3-4-10)13-7-11(19-2)5-6-12(13)15/h5-8,10H,3-4H2,1-2H3,(H,16,17). The molecule has 1 aromatic heterocycles. The molecule has 1 fully saturated rings. The summed E-state index contributed by atoms with van der Waals surface area (Å²) in [6.07, 6.45) is 4.39. The number of hydrogen-bond donors (Lipinski definition) is 1. The summed E-state index contributed by atoms with van der Waals surface area (Å²) in [5.41, 5.74) is 1.84. The van der Waals surface area contributed by atoms with Crippen LogP contribution >= 0.6 is 11.6 Å². The highest BCUT2D eigenvalue weighted by molar-refractivity contribution is 6.32. The molecule has 100 valence electrons. The number of rotatable bonds is 4. The topological polar surface area (TPSA) is 39.1 Å². The number of anilines is 1. The molecule has 0 saturated heterocycles. The van der Waals surface area contributed by atoms with Crippen molar-refractivity contribution in [1.82, 2.24) is 9.55 Å². The minimum Gasteiger partial charge on any atom is -0.497 e. The van der Waals surface area contributed by atoms with E-state index in [1.807, 2.05) is 35.9 Å². The summed E-state index contributed by atoms with van der Waals surface area (Å²) < 4.78 is 7.24. The van der Waals surface area contributed by atoms with Crippen LogP contribution in [-0.4, -0.2) is 22.7 Å². The van der Waals surface area contributed by atoms with Gasteiger partial charge in [-0.05, 0) is 31.9 Å². The van der Waals surface area contributed by atoms with E-state index in [9.17, 15) is 0 Å². The van der Waals surface area contributed by atoms with Gasteiger partial charge in [0.05, 0.1) is 23.5 Å². The second-order valence-corrected chi connectivity index (χ2v) is 5.22. The highest BCUT2D eigenvalue weighted by Crippen LogP contribution is 2.30. The first-order chi connectivity index (χ1) is 9.17. The Balaban J connectivity index is 2.04. The average Bonchev–Trinajstić information content (AvgIpc) is 3.13. The molecule has 1 heterocycles. The van der Waals surface area contributed by atoms with Gasteiger partial charge in [0.25, 0.3) is 0 Å². The van der Waals surface area contributed by atoms with Crippen LogP contribution in [0.25, 0.3) is 5.69 Å². The van der Waals surface area contributed by atoms with E-state index in [-0.39, 0.29) is 0 Å². The molecule has 1 saturated carbocycles. The lowest BCUT2D eigenvalue weighted by molar-refractivity contribution is 0.414. The van der Waals surface area contributed by atoms with Crippen molar-refractivity contribution in [3.8, 4) is 11.4 Å². The van der Waals surface area contributed by atoms with E-state index in [1.54, 1.807) is 7.11 Å². The molecular formula is C14H16ClN3O. The molecule has 0 amide bonds. The van der Waals surface area contributed by atoms with Gasteiger partial charge in [-0.3, -0.25) is 4.57 Å². The van der Waals surface area contributed by atoms with Gasteiger partial charge < -0.3 is 10.1 Å². The van der Waals surface area contributed by atoms with Crippen molar-refractivity contribution in [3.63, 3.8) is 0 Å². The zero-order valence-electron chi connectivity index (χ0n) is 11.0. The number of imidazole rings is 1. The predicted octanol–water partition coefficient (Wildman–Crippen LogP) is 3.42. The molecule has 2 aromatic rings. The maximum Gasteiger partial charge on any atom is 0.208 e. The molecule has 1 aliphatic carbocycles. The highest BCUT2D eigenvalue weighted by atomic mass is 35.5. The first kappa shape index (κ1) is 12.4. The summed E-state index contributed by atoms with van der Waals surface area (Å²) in [6.45, 7) is 1.97. The van der Waals surface area contributed by atoms with Crippen molar-refractivity contribution >= 4 is 17.5 Å². The quantitative estimate of drug-likeness (QED) is 0.931. The van der Waals surface area contributed by atoms with Crippen LogP contribution < -0.4 is 10.1 Å². The highest BCUT2D eigenvalue weighted by Gasteiger charge is 2.23. The molecule has 0 spiro atoms. The Morgan fingerprint density at radius 2 is 2.21 bits per heavy atom. The van der Waals surface area contributed by atoms with Crippen molar-refractivity contribution in [1.29, 1.82) is 0 Å². The van der Waals surface area contributed by atoms with Gasteiger partial charge in [-0.15, -0.1) is 0 Å². The first-order valence-corrected chi connectivity index (χ1v) is 6.71. The summed E-state index contributed by atoms with van der Waals surface area (Å²) in [7, 11) is 1.65. The minimum absolute atomic E-state index is 0.546. The number of aromatic nitrogens is 2. The van der Waals surface area contributed by atoms with E-state index in [0.717, 1.165) is 23.1 Å². The van der Waals surface area contributed by atoms with Crippen LogP contribution in [0.15, 0.2) is 24.4 Å². The monoisotopic (exact) mass is 277 g/mol. The third-order valence-electron chi connectivity index (χ3n) is 3.15. The maximum atomic E-state index is 6.29. The van der Waals surface area contributed by atoms with Gasteiger partial charge in [0.15, 0.2) is 0 Å². The minimum atomic E-state index is 0.546. The number of ether oxygens (including phenoxy) is 1. The molecule has 4 nitrogen and oxygen atoms in total. The Bertz CT molecular complexity index is 605. The summed E-state index contributed by atoms with van der Waals surface area (Å²) in [5.74, 6) is 1.62. The Hall–Kier alpha value is -1.68. The molecule has 0 bridgehead atoms. The van der Waals surface area contributed by atoms with Crippen LogP contribution in [0.2, 0.25) is 5.02 Å². The fourth-order valence-corrected chi connectivity index (χ4v) is 2.21. The van der Waals surface area contributed by atoms with Gasteiger partial charge in [-0.1, -0.05) is 11.6 Å². The molecule has 19 heavy (non-hydrogen) atoms. The maximum absolute atomic E-state index is 6.29. The molecule has 1 aromatic carbocycles. The zero-order valence-corrected chi connectivity index (χ0v) is 11.7. The molecule has 0 radical (unpaired) electrons. The van der Waals surface area contributed by atoms with E-state index in [0.29, 0.717) is 11.1 Å². The molecule has 0 aliphatic heterocycles. The predicted molar refractivity (Wildman–Crippen MR) is 76.5 cm³/mol. The van der Waals surface area contributed by atoms with Gasteiger partial charge in [-0.2, -0.15) is 0 Å². The number of hydrogen-bond acceptors (Lipinski definition) is 3. The van der Waals surface area contributed by atoms with Gasteiger partial charge in [-0.25, -0.2) is 4.98 Å². The molecule has 1 aliphatic rings. The summed E-state index contributed by atoms with van der Waals surface area (Å²) >= 11 is 6.29. The molecule has 0 atom stereocenters. The van der Waals surface area contributed by atoms with Crippen LogP contribution in [-0.2, 0) is 0 Å². The van der Waals surface area contributed by atoms with Crippen molar-refractivity contribution in [2.75, 3.05) is 12.4 Å². The lowest BCUT2D eigenvalue weighted by Crippen LogP contribution is -2.08. The molecule has 1 N–H and O–H groups in total. The summed E-state index contributed by atoms with van der Waals surface area (Å²) in [4.78, 5) is 4.52. The van der Waals surface area contributed by atoms with Crippen LogP contribution in [0.5, 0.6) is 5.75 Å². The number of halogens is 1. The van der Waals surface area contributed by atoms with E-state index < -0.39 is 0 Å². The molecule has 5 heteroatoms. The van der Waals surface area contributed by atoms with Gasteiger partial charge in [0, 0.05) is 18.3 Å². The number of methoxy groups -OCH3 is 1. The largest absolute Gasteiger partial charge is 0.497 e. The van der Waals surface area contributed by atoms with Gasteiger partial charge in [0.1, 0.15) is 5.75 Å². The SMILES string of the molecule is COc1ccc(Cl)c(-n2cc(C)nc2NC2CC2)c1. The third kappa shape index (κ3) is 2.54. The smallest absolute Gasteiger partial charge is 0.208 e. The Kier molecular flexibility index (Phi) is 3.11. The average molecular weight is 278 g/mol. The Morgan fingerprint density at radius 3 is 2.89 bits per heavy atom. The van der Waals surface area contributed by atoms with Crippen molar-refractivity contribution in [2.24, 2.45) is 0 Å². The Labute approximate surface area is 117 Å². The fourth-order valence-electron chi connectivity index (χ4n) is 2.00. The van der Waals surface area contributed by atoms with E-state index in [1.165, 1.54) is 12.8 Å². The van der Waals surface area contributed by atoms with Crippen molar-refractivity contribution in [2.45, 2.75) is 25.8 Å². The lowest BCUT2D eigenvalue weighted by atomic mass is 10.3. The van der Waals surface area contributed by atoms with Crippen LogP contribution in [0.1, 0.15) is 18.5 Å². The van der Waals surface area contributed by atoms with Crippen molar-refractivity contribution < 1.29 is 4.74 Å². The fraction of sp³-hybridized carbons (Fsp3) is 0.357. The molecular weight excluding hydrogens is 262 g/mol. The normalized spacial score (nSPS) is 14.5. The number of nitrogens with zero attached hydrogens (tertiary/aromatic N) is 2. The van der Waals surface area contributed by atoms with E-state index in [2.05, 4.69) is 10.3 Å². The van der Waals surface area contributed by atoms with Crippen LogP contribution in [0.4, 0.5) is 5.95 Å². The summed E-state index contributed by atoms with van der Waals surface area (Å²) in [5, 5.41) is 4.10. The van der Waals surface area contributed by atoms with Crippen molar-refractivity contribution in [3.05, 3.63) is 35.1 Å². The van der Waals surface area contributed by atoms with Gasteiger partial charge >= 0.3 is 0 Å². The lowest BCUT2D eigenvalue weighted by Gasteiger charge is -2.12. The van der Waals surface area contributed by atoms with E-state index >= 15 is 0 Å². The molecule has 0 unspecified atom stereocenters. The van der Waals surface area contributed by atoms with Crippen LogP contribution in [0, 0.1) is 6.92 Å². The first-order valence-electron chi connectivity index (χ1n) is 6.34.